The highest BCUT2D eigenvalue weighted by Gasteiger charge is 2.35. The number of nitrogens with zero attached hydrogens (tertiary/aromatic N) is 2. The lowest BCUT2D eigenvalue weighted by Crippen LogP contribution is -2.47. The lowest BCUT2D eigenvalue weighted by Gasteiger charge is -2.34. The highest BCUT2D eigenvalue weighted by atomic mass is 19.1. The van der Waals surface area contributed by atoms with Gasteiger partial charge in [-0.15, -0.1) is 0 Å². The summed E-state index contributed by atoms with van der Waals surface area (Å²) < 4.78 is 14.5. The quantitative estimate of drug-likeness (QED) is 0.430. The maximum Gasteiger partial charge on any atom is 0.248 e. The molecule has 3 aromatic rings. The van der Waals surface area contributed by atoms with E-state index in [9.17, 15) is 14.0 Å². The van der Waals surface area contributed by atoms with E-state index in [0.29, 0.717) is 12.1 Å². The Balaban J connectivity index is 1.55. The summed E-state index contributed by atoms with van der Waals surface area (Å²) in [6.07, 6.45) is 9.71. The van der Waals surface area contributed by atoms with Gasteiger partial charge < -0.3 is 5.32 Å². The SMILES string of the molecule is Cc1ccccc1C(C(=O)NC1CCCCC1)N(C(=O)CC1=CCc2ncccc21)c1cccc(F)c1. The average molecular weight is 498 g/mol. The first-order chi connectivity index (χ1) is 18.0. The van der Waals surface area contributed by atoms with Crippen LogP contribution in [0.3, 0.4) is 0 Å². The monoisotopic (exact) mass is 497 g/mol. The van der Waals surface area contributed by atoms with Gasteiger partial charge in [0.15, 0.2) is 0 Å². The summed E-state index contributed by atoms with van der Waals surface area (Å²) in [6.45, 7) is 1.94. The molecule has 1 N–H and O–H groups in total. The van der Waals surface area contributed by atoms with Crippen LogP contribution in [0.4, 0.5) is 10.1 Å². The predicted molar refractivity (Wildman–Crippen MR) is 143 cm³/mol. The number of allylic oxidation sites excluding steroid dienone is 1. The summed E-state index contributed by atoms with van der Waals surface area (Å²) in [5.41, 5.74) is 4.76. The van der Waals surface area contributed by atoms with E-state index in [4.69, 9.17) is 0 Å². The minimum Gasteiger partial charge on any atom is -0.351 e. The van der Waals surface area contributed by atoms with Crippen LogP contribution in [0.2, 0.25) is 0 Å². The number of pyridine rings is 1. The number of carbonyl (C=O) groups is 2. The first kappa shape index (κ1) is 24.9. The number of halogens is 1. The van der Waals surface area contributed by atoms with Gasteiger partial charge in [-0.05, 0) is 66.3 Å². The van der Waals surface area contributed by atoms with Gasteiger partial charge in [-0.1, -0.05) is 61.7 Å². The van der Waals surface area contributed by atoms with Gasteiger partial charge in [0.05, 0.1) is 12.1 Å². The van der Waals surface area contributed by atoms with E-state index < -0.39 is 11.9 Å². The number of nitrogens with one attached hydrogen (secondary N) is 1. The number of aryl methyl sites for hydroxylation is 1. The number of fused-ring (bicyclic) bond motifs is 1. The van der Waals surface area contributed by atoms with Gasteiger partial charge in [0.1, 0.15) is 11.9 Å². The average Bonchev–Trinajstić information content (AvgIpc) is 3.31. The van der Waals surface area contributed by atoms with E-state index in [1.165, 1.54) is 23.5 Å². The maximum absolute atomic E-state index is 14.5. The minimum absolute atomic E-state index is 0.0766. The van der Waals surface area contributed by atoms with Crippen molar-refractivity contribution in [3.05, 3.63) is 101 Å². The smallest absolute Gasteiger partial charge is 0.248 e. The Kier molecular flexibility index (Phi) is 7.45. The second-order valence-electron chi connectivity index (χ2n) is 9.95. The third kappa shape index (κ3) is 5.48. The number of carbonyl (C=O) groups excluding carboxylic acids is 2. The summed E-state index contributed by atoms with van der Waals surface area (Å²) in [6, 6.07) is 16.5. The van der Waals surface area contributed by atoms with Crippen LogP contribution in [0, 0.1) is 12.7 Å². The molecule has 1 saturated carbocycles. The molecule has 0 bridgehead atoms. The zero-order chi connectivity index (χ0) is 25.8. The number of rotatable bonds is 7. The molecule has 5 nitrogen and oxygen atoms in total. The van der Waals surface area contributed by atoms with Gasteiger partial charge in [0.25, 0.3) is 0 Å². The number of hydrogen-bond donors (Lipinski definition) is 1. The number of anilines is 1. The number of aromatic nitrogens is 1. The molecule has 1 atom stereocenters. The van der Waals surface area contributed by atoms with Crippen LogP contribution >= 0.6 is 0 Å². The van der Waals surface area contributed by atoms with Crippen molar-refractivity contribution in [1.82, 2.24) is 10.3 Å². The van der Waals surface area contributed by atoms with Gasteiger partial charge in [0, 0.05) is 24.3 Å². The molecule has 5 rings (SSSR count). The lowest BCUT2D eigenvalue weighted by molar-refractivity contribution is -0.127. The van der Waals surface area contributed by atoms with Gasteiger partial charge in [-0.2, -0.15) is 0 Å². The Bertz CT molecular complexity index is 1330. The summed E-state index contributed by atoms with van der Waals surface area (Å²) in [5, 5.41) is 3.22. The summed E-state index contributed by atoms with van der Waals surface area (Å²) >= 11 is 0. The van der Waals surface area contributed by atoms with Crippen LogP contribution in [0.5, 0.6) is 0 Å². The fourth-order valence-electron chi connectivity index (χ4n) is 5.52. The molecule has 1 heterocycles. The second-order valence-corrected chi connectivity index (χ2v) is 9.95. The van der Waals surface area contributed by atoms with E-state index in [2.05, 4.69) is 10.3 Å². The minimum atomic E-state index is -0.923. The van der Waals surface area contributed by atoms with Crippen LogP contribution in [-0.2, 0) is 16.0 Å². The topological polar surface area (TPSA) is 62.3 Å². The van der Waals surface area contributed by atoms with E-state index in [1.54, 1.807) is 18.3 Å². The highest BCUT2D eigenvalue weighted by molar-refractivity contribution is 6.05. The molecule has 190 valence electrons. The van der Waals surface area contributed by atoms with E-state index in [0.717, 1.165) is 53.6 Å². The molecule has 0 aliphatic heterocycles. The van der Waals surface area contributed by atoms with Crippen LogP contribution < -0.4 is 10.2 Å². The van der Waals surface area contributed by atoms with Crippen LogP contribution in [0.1, 0.15) is 67.0 Å². The first-order valence-electron chi connectivity index (χ1n) is 13.1. The van der Waals surface area contributed by atoms with Gasteiger partial charge in [0.2, 0.25) is 11.8 Å². The molecule has 2 aromatic carbocycles. The van der Waals surface area contributed by atoms with E-state index in [-0.39, 0.29) is 24.3 Å². The number of amides is 2. The predicted octanol–water partition coefficient (Wildman–Crippen LogP) is 6.08. The molecule has 2 aliphatic rings. The van der Waals surface area contributed by atoms with Crippen molar-refractivity contribution >= 4 is 23.1 Å². The molecule has 6 heteroatoms. The molecular formula is C31H32FN3O2. The molecule has 0 saturated heterocycles. The number of hydrogen-bond acceptors (Lipinski definition) is 3. The standard InChI is InChI=1S/C31H32FN3O2/c1-21-9-5-6-14-26(21)30(31(37)34-24-11-3-2-4-12-24)35(25-13-7-10-23(32)20-25)29(36)19-22-16-17-28-27(22)15-8-18-33-28/h5-10,13-16,18,20,24,30H,2-4,11-12,17,19H2,1H3,(H,34,37). The Hall–Kier alpha value is -3.80. The third-order valence-corrected chi connectivity index (χ3v) is 7.42. The van der Waals surface area contributed by atoms with Crippen LogP contribution in [0.25, 0.3) is 5.57 Å². The lowest BCUT2D eigenvalue weighted by atomic mass is 9.93. The Labute approximate surface area is 217 Å². The molecular weight excluding hydrogens is 465 g/mol. The Morgan fingerprint density at radius 1 is 1.05 bits per heavy atom. The molecule has 2 amide bonds. The largest absolute Gasteiger partial charge is 0.351 e. The van der Waals surface area contributed by atoms with Crippen molar-refractivity contribution in [2.75, 3.05) is 4.90 Å². The number of benzene rings is 2. The van der Waals surface area contributed by atoms with Crippen molar-refractivity contribution < 1.29 is 14.0 Å². The summed E-state index contributed by atoms with van der Waals surface area (Å²) in [5.74, 6) is -0.956. The molecule has 1 unspecified atom stereocenters. The normalized spacial score (nSPS) is 16.0. The maximum atomic E-state index is 14.5. The molecule has 1 fully saturated rings. The zero-order valence-corrected chi connectivity index (χ0v) is 21.1. The Morgan fingerprint density at radius 2 is 1.86 bits per heavy atom. The van der Waals surface area contributed by atoms with E-state index >= 15 is 0 Å². The fraction of sp³-hybridized carbons (Fsp3) is 0.323. The van der Waals surface area contributed by atoms with Crippen molar-refractivity contribution in [2.45, 2.75) is 64.0 Å². The zero-order valence-electron chi connectivity index (χ0n) is 21.1. The van der Waals surface area contributed by atoms with Crippen molar-refractivity contribution in [2.24, 2.45) is 0 Å². The van der Waals surface area contributed by atoms with E-state index in [1.807, 2.05) is 49.4 Å². The van der Waals surface area contributed by atoms with Gasteiger partial charge in [-0.25, -0.2) is 4.39 Å². The molecule has 1 aromatic heterocycles. The van der Waals surface area contributed by atoms with Crippen molar-refractivity contribution in [3.63, 3.8) is 0 Å². The molecule has 0 radical (unpaired) electrons. The highest BCUT2D eigenvalue weighted by Crippen LogP contribution is 2.35. The Morgan fingerprint density at radius 3 is 2.65 bits per heavy atom. The second kappa shape index (κ2) is 11.1. The summed E-state index contributed by atoms with van der Waals surface area (Å²) in [4.78, 5) is 34.0. The fourth-order valence-corrected chi connectivity index (χ4v) is 5.52. The van der Waals surface area contributed by atoms with Crippen molar-refractivity contribution in [1.29, 1.82) is 0 Å². The van der Waals surface area contributed by atoms with Crippen LogP contribution in [0.15, 0.2) is 72.9 Å². The van der Waals surface area contributed by atoms with Gasteiger partial charge >= 0.3 is 0 Å². The summed E-state index contributed by atoms with van der Waals surface area (Å²) in [7, 11) is 0. The first-order valence-corrected chi connectivity index (χ1v) is 13.1. The van der Waals surface area contributed by atoms with Crippen molar-refractivity contribution in [3.8, 4) is 0 Å². The van der Waals surface area contributed by atoms with Gasteiger partial charge in [-0.3, -0.25) is 19.5 Å². The molecule has 2 aliphatic carbocycles. The molecule has 0 spiro atoms. The molecule has 37 heavy (non-hydrogen) atoms. The van der Waals surface area contributed by atoms with Crippen LogP contribution in [-0.4, -0.2) is 22.8 Å². The third-order valence-electron chi connectivity index (χ3n) is 7.42.